The van der Waals surface area contributed by atoms with E-state index in [0.717, 1.165) is 30.0 Å². The van der Waals surface area contributed by atoms with E-state index in [1.54, 1.807) is 0 Å². The van der Waals surface area contributed by atoms with Crippen molar-refractivity contribution in [1.29, 1.82) is 0 Å². The highest BCUT2D eigenvalue weighted by molar-refractivity contribution is 5.89. The van der Waals surface area contributed by atoms with E-state index in [1.807, 2.05) is 49.4 Å². The summed E-state index contributed by atoms with van der Waals surface area (Å²) >= 11 is 0. The molecule has 0 heterocycles. The number of nitrogens with one attached hydrogen (secondary N) is 1. The van der Waals surface area contributed by atoms with E-state index in [1.165, 1.54) is 31.2 Å². The Hall–Kier alpha value is -2.29. The number of rotatable bonds is 6. The summed E-state index contributed by atoms with van der Waals surface area (Å²) < 4.78 is 0. The van der Waals surface area contributed by atoms with Crippen LogP contribution in [0.4, 0.5) is 10.5 Å². The Morgan fingerprint density at radius 1 is 1.04 bits per heavy atom. The molecule has 0 unspecified atom stereocenters. The Balaban J connectivity index is 1.72. The lowest BCUT2D eigenvalue weighted by molar-refractivity contribution is 0.146. The van der Waals surface area contributed by atoms with E-state index in [0.29, 0.717) is 12.6 Å². The van der Waals surface area contributed by atoms with Gasteiger partial charge in [-0.15, -0.1) is 0 Å². The molecular weight excluding hydrogens is 332 g/mol. The van der Waals surface area contributed by atoms with Gasteiger partial charge in [-0.05, 0) is 61.8 Å². The van der Waals surface area contributed by atoms with Gasteiger partial charge in [0.25, 0.3) is 0 Å². The van der Waals surface area contributed by atoms with Gasteiger partial charge in [0.15, 0.2) is 0 Å². The molecule has 0 aromatic heterocycles. The lowest BCUT2D eigenvalue weighted by Gasteiger charge is -2.37. The molecule has 1 aliphatic carbocycles. The van der Waals surface area contributed by atoms with Crippen LogP contribution in [0.1, 0.15) is 56.6 Å². The summed E-state index contributed by atoms with van der Waals surface area (Å²) in [6, 6.07) is 18.7. The van der Waals surface area contributed by atoms with E-state index in [9.17, 15) is 4.79 Å². The normalized spacial score (nSPS) is 19.5. The molecule has 3 rings (SSSR count). The smallest absolute Gasteiger partial charge is 0.317 e. The predicted octanol–water partition coefficient (Wildman–Crippen LogP) is 6.39. The highest BCUT2D eigenvalue weighted by Gasteiger charge is 2.28. The molecule has 1 fully saturated rings. The molecule has 0 radical (unpaired) electrons. The molecule has 144 valence electrons. The largest absolute Gasteiger partial charge is 0.322 e. The van der Waals surface area contributed by atoms with Crippen LogP contribution in [0.5, 0.6) is 0 Å². The maximum absolute atomic E-state index is 13.1. The third kappa shape index (κ3) is 5.59. The number of hydrogen-bond acceptors (Lipinski definition) is 1. The molecule has 2 aromatic carbocycles. The predicted molar refractivity (Wildman–Crippen MR) is 113 cm³/mol. The SMILES string of the molecule is CCCC1CCC(N(Cc2ccccc2)C(=O)Nc2cccc(C)c2)CC1. The van der Waals surface area contributed by atoms with Crippen molar-refractivity contribution in [1.82, 2.24) is 4.90 Å². The van der Waals surface area contributed by atoms with Crippen LogP contribution in [-0.4, -0.2) is 17.0 Å². The highest BCUT2D eigenvalue weighted by Crippen LogP contribution is 2.31. The van der Waals surface area contributed by atoms with Gasteiger partial charge in [0.05, 0.1) is 0 Å². The highest BCUT2D eigenvalue weighted by atomic mass is 16.2. The van der Waals surface area contributed by atoms with Crippen molar-refractivity contribution < 1.29 is 4.79 Å². The van der Waals surface area contributed by atoms with Gasteiger partial charge in [-0.2, -0.15) is 0 Å². The number of anilines is 1. The van der Waals surface area contributed by atoms with Crippen LogP contribution in [-0.2, 0) is 6.54 Å². The van der Waals surface area contributed by atoms with E-state index in [-0.39, 0.29) is 6.03 Å². The summed E-state index contributed by atoms with van der Waals surface area (Å²) in [5.41, 5.74) is 3.22. The number of carbonyl (C=O) groups excluding carboxylic acids is 1. The summed E-state index contributed by atoms with van der Waals surface area (Å²) in [4.78, 5) is 15.2. The quantitative estimate of drug-likeness (QED) is 0.633. The Bertz CT molecular complexity index is 720. The van der Waals surface area contributed by atoms with Crippen LogP contribution in [0.2, 0.25) is 0 Å². The first-order valence-electron chi connectivity index (χ1n) is 10.3. The van der Waals surface area contributed by atoms with Crippen LogP contribution >= 0.6 is 0 Å². The fourth-order valence-corrected chi connectivity index (χ4v) is 4.22. The summed E-state index contributed by atoms with van der Waals surface area (Å²) in [7, 11) is 0. The van der Waals surface area contributed by atoms with Gasteiger partial charge < -0.3 is 10.2 Å². The van der Waals surface area contributed by atoms with Gasteiger partial charge in [0, 0.05) is 18.3 Å². The van der Waals surface area contributed by atoms with Crippen molar-refractivity contribution in [2.24, 2.45) is 5.92 Å². The average Bonchev–Trinajstić information content (AvgIpc) is 2.68. The molecule has 0 atom stereocenters. The molecule has 0 saturated heterocycles. The standard InChI is InChI=1S/C24H32N2O/c1-3-8-20-13-15-23(16-14-20)26(18-21-10-5-4-6-11-21)24(27)25-22-12-7-9-19(2)17-22/h4-7,9-12,17,20,23H,3,8,13-16,18H2,1-2H3,(H,25,27). The average molecular weight is 365 g/mol. The van der Waals surface area contributed by atoms with Crippen LogP contribution < -0.4 is 5.32 Å². The zero-order valence-corrected chi connectivity index (χ0v) is 16.7. The van der Waals surface area contributed by atoms with E-state index in [2.05, 4.69) is 29.3 Å². The van der Waals surface area contributed by atoms with Crippen molar-refractivity contribution in [3.05, 3.63) is 65.7 Å². The lowest BCUT2D eigenvalue weighted by Crippen LogP contribution is -2.44. The van der Waals surface area contributed by atoms with Gasteiger partial charge in [-0.25, -0.2) is 4.79 Å². The molecule has 0 spiro atoms. The fraction of sp³-hybridized carbons (Fsp3) is 0.458. The monoisotopic (exact) mass is 364 g/mol. The molecule has 1 aliphatic rings. The van der Waals surface area contributed by atoms with Crippen LogP contribution in [0.25, 0.3) is 0 Å². The fourth-order valence-electron chi connectivity index (χ4n) is 4.22. The summed E-state index contributed by atoms with van der Waals surface area (Å²) in [5.74, 6) is 0.838. The summed E-state index contributed by atoms with van der Waals surface area (Å²) in [6.45, 7) is 4.98. The maximum Gasteiger partial charge on any atom is 0.322 e. The number of carbonyl (C=O) groups is 1. The number of nitrogens with zero attached hydrogens (tertiary/aromatic N) is 1. The van der Waals surface area contributed by atoms with Gasteiger partial charge in [0.1, 0.15) is 0 Å². The van der Waals surface area contributed by atoms with E-state index in [4.69, 9.17) is 0 Å². The number of amides is 2. The minimum atomic E-state index is 0.0170. The van der Waals surface area contributed by atoms with Crippen molar-refractivity contribution >= 4 is 11.7 Å². The minimum Gasteiger partial charge on any atom is -0.317 e. The Morgan fingerprint density at radius 3 is 2.44 bits per heavy atom. The molecular formula is C24H32N2O. The lowest BCUT2D eigenvalue weighted by atomic mass is 9.83. The van der Waals surface area contributed by atoms with Crippen molar-refractivity contribution in [2.45, 2.75) is 65.0 Å². The summed E-state index contributed by atoms with van der Waals surface area (Å²) in [5, 5.41) is 3.12. The van der Waals surface area contributed by atoms with E-state index >= 15 is 0 Å². The third-order valence-electron chi connectivity index (χ3n) is 5.68. The van der Waals surface area contributed by atoms with Gasteiger partial charge >= 0.3 is 6.03 Å². The minimum absolute atomic E-state index is 0.0170. The second-order valence-electron chi connectivity index (χ2n) is 7.88. The third-order valence-corrected chi connectivity index (χ3v) is 5.68. The van der Waals surface area contributed by atoms with Crippen LogP contribution in [0, 0.1) is 12.8 Å². The molecule has 2 aromatic rings. The molecule has 27 heavy (non-hydrogen) atoms. The van der Waals surface area contributed by atoms with Gasteiger partial charge in [-0.3, -0.25) is 0 Å². The molecule has 1 N–H and O–H groups in total. The van der Waals surface area contributed by atoms with Gasteiger partial charge in [-0.1, -0.05) is 62.2 Å². The van der Waals surface area contributed by atoms with Gasteiger partial charge in [0.2, 0.25) is 0 Å². The number of benzene rings is 2. The molecule has 0 aliphatic heterocycles. The first kappa shape index (κ1) is 19.5. The maximum atomic E-state index is 13.1. The first-order chi connectivity index (χ1) is 13.2. The Kier molecular flexibility index (Phi) is 6.92. The Morgan fingerprint density at radius 2 is 1.78 bits per heavy atom. The molecule has 0 bridgehead atoms. The topological polar surface area (TPSA) is 32.3 Å². The molecule has 1 saturated carbocycles. The second-order valence-corrected chi connectivity index (χ2v) is 7.88. The molecule has 3 nitrogen and oxygen atoms in total. The van der Waals surface area contributed by atoms with Crippen molar-refractivity contribution in [2.75, 3.05) is 5.32 Å². The number of aryl methyl sites for hydroxylation is 1. The summed E-state index contributed by atoms with van der Waals surface area (Å²) in [6.07, 6.45) is 7.28. The number of hydrogen-bond donors (Lipinski definition) is 1. The van der Waals surface area contributed by atoms with Crippen LogP contribution in [0.15, 0.2) is 54.6 Å². The van der Waals surface area contributed by atoms with Crippen LogP contribution in [0.3, 0.4) is 0 Å². The van der Waals surface area contributed by atoms with Crippen molar-refractivity contribution in [3.8, 4) is 0 Å². The first-order valence-corrected chi connectivity index (χ1v) is 10.3. The van der Waals surface area contributed by atoms with Crippen molar-refractivity contribution in [3.63, 3.8) is 0 Å². The van der Waals surface area contributed by atoms with E-state index < -0.39 is 0 Å². The second kappa shape index (κ2) is 9.59. The number of urea groups is 1. The molecule has 2 amide bonds. The Labute approximate surface area is 163 Å². The zero-order valence-electron chi connectivity index (χ0n) is 16.7. The zero-order chi connectivity index (χ0) is 19.1. The molecule has 3 heteroatoms.